The van der Waals surface area contributed by atoms with E-state index in [9.17, 15) is 13.2 Å². The van der Waals surface area contributed by atoms with Crippen molar-refractivity contribution in [2.75, 3.05) is 18.4 Å². The van der Waals surface area contributed by atoms with Crippen molar-refractivity contribution >= 4 is 44.4 Å². The SMILES string of the molecule is CCn1c(S[C@@H](C)C(=O)Nc2ccc(C#N)cc2)nc2cc(S(=O)(=O)N3CCCCC3)ccc21. The van der Waals surface area contributed by atoms with Gasteiger partial charge in [0.25, 0.3) is 0 Å². The predicted octanol–water partition coefficient (Wildman–Crippen LogP) is 4.22. The molecule has 4 rings (SSSR count). The number of aryl methyl sites for hydroxylation is 1. The second kappa shape index (κ2) is 10.2. The zero-order chi connectivity index (χ0) is 24.3. The average molecular weight is 498 g/mol. The highest BCUT2D eigenvalue weighted by Gasteiger charge is 2.27. The zero-order valence-electron chi connectivity index (χ0n) is 19.2. The number of nitrogens with zero attached hydrogens (tertiary/aromatic N) is 4. The molecule has 1 aromatic heterocycles. The Balaban J connectivity index is 1.54. The van der Waals surface area contributed by atoms with Gasteiger partial charge in [-0.25, -0.2) is 13.4 Å². The smallest absolute Gasteiger partial charge is 0.243 e. The maximum atomic E-state index is 13.1. The van der Waals surface area contributed by atoms with Crippen molar-refractivity contribution in [2.45, 2.75) is 55.0 Å². The van der Waals surface area contributed by atoms with Crippen LogP contribution in [0.1, 0.15) is 38.7 Å². The molecule has 0 unspecified atom stereocenters. The lowest BCUT2D eigenvalue weighted by Gasteiger charge is -2.25. The lowest BCUT2D eigenvalue weighted by atomic mass is 10.2. The van der Waals surface area contributed by atoms with E-state index in [1.165, 1.54) is 11.8 Å². The van der Waals surface area contributed by atoms with E-state index < -0.39 is 15.3 Å². The van der Waals surface area contributed by atoms with Crippen LogP contribution in [-0.4, -0.2) is 46.5 Å². The van der Waals surface area contributed by atoms with Gasteiger partial charge in [0.1, 0.15) is 0 Å². The van der Waals surface area contributed by atoms with Gasteiger partial charge >= 0.3 is 0 Å². The number of hydrogen-bond acceptors (Lipinski definition) is 6. The molecule has 0 aliphatic carbocycles. The second-order valence-electron chi connectivity index (χ2n) is 8.19. The Morgan fingerprint density at radius 1 is 1.18 bits per heavy atom. The van der Waals surface area contributed by atoms with Crippen LogP contribution >= 0.6 is 11.8 Å². The highest BCUT2D eigenvalue weighted by Crippen LogP contribution is 2.30. The second-order valence-corrected chi connectivity index (χ2v) is 11.4. The van der Waals surface area contributed by atoms with Crippen molar-refractivity contribution in [1.82, 2.24) is 13.9 Å². The van der Waals surface area contributed by atoms with Gasteiger partial charge in [-0.15, -0.1) is 0 Å². The van der Waals surface area contributed by atoms with E-state index in [0.29, 0.717) is 41.6 Å². The van der Waals surface area contributed by atoms with Crippen LogP contribution < -0.4 is 5.32 Å². The minimum absolute atomic E-state index is 0.183. The molecule has 1 saturated heterocycles. The largest absolute Gasteiger partial charge is 0.325 e. The standard InChI is InChI=1S/C24H27N5O3S2/c1-3-29-22-12-11-20(34(31,32)28-13-5-4-6-14-28)15-21(22)27-24(29)33-17(2)23(30)26-19-9-7-18(16-25)8-10-19/h7-12,15,17H,3-6,13-14H2,1-2H3,(H,26,30)/t17-/m0/s1. The number of benzene rings is 2. The minimum Gasteiger partial charge on any atom is -0.325 e. The van der Waals surface area contributed by atoms with Gasteiger partial charge in [-0.1, -0.05) is 18.2 Å². The Bertz CT molecular complexity index is 1340. The quantitative estimate of drug-likeness (QED) is 0.490. The molecule has 1 N–H and O–H groups in total. The number of imidazole rings is 1. The molecule has 1 aliphatic rings. The summed E-state index contributed by atoms with van der Waals surface area (Å²) in [5.41, 5.74) is 2.58. The van der Waals surface area contributed by atoms with E-state index >= 15 is 0 Å². The summed E-state index contributed by atoms with van der Waals surface area (Å²) in [7, 11) is -3.55. The number of piperidine rings is 1. The van der Waals surface area contributed by atoms with E-state index in [2.05, 4.69) is 16.4 Å². The van der Waals surface area contributed by atoms with Crippen LogP contribution in [0, 0.1) is 11.3 Å². The van der Waals surface area contributed by atoms with Crippen molar-refractivity contribution in [3.8, 4) is 6.07 Å². The van der Waals surface area contributed by atoms with Gasteiger partial charge < -0.3 is 9.88 Å². The number of fused-ring (bicyclic) bond motifs is 1. The molecular formula is C24H27N5O3S2. The van der Waals surface area contributed by atoms with Gasteiger partial charge in [0, 0.05) is 25.3 Å². The molecule has 0 bridgehead atoms. The number of anilines is 1. The molecule has 3 aromatic rings. The summed E-state index contributed by atoms with van der Waals surface area (Å²) in [6.07, 6.45) is 2.83. The molecule has 8 nitrogen and oxygen atoms in total. The number of nitrogens with one attached hydrogen (secondary N) is 1. The summed E-state index contributed by atoms with van der Waals surface area (Å²) in [6, 6.07) is 13.8. The molecule has 1 atom stereocenters. The van der Waals surface area contributed by atoms with Gasteiger partial charge in [-0.05, 0) is 69.2 Å². The summed E-state index contributed by atoms with van der Waals surface area (Å²) in [5, 5.41) is 12.0. The van der Waals surface area contributed by atoms with Crippen LogP contribution in [0.5, 0.6) is 0 Å². The number of aromatic nitrogens is 2. The summed E-state index contributed by atoms with van der Waals surface area (Å²) in [4.78, 5) is 17.7. The lowest BCUT2D eigenvalue weighted by molar-refractivity contribution is -0.115. The molecule has 1 aliphatic heterocycles. The van der Waals surface area contributed by atoms with Gasteiger partial charge in [0.15, 0.2) is 5.16 Å². The van der Waals surface area contributed by atoms with Crippen LogP contribution in [-0.2, 0) is 21.4 Å². The Morgan fingerprint density at radius 2 is 1.88 bits per heavy atom. The Morgan fingerprint density at radius 3 is 2.53 bits per heavy atom. The molecule has 34 heavy (non-hydrogen) atoms. The Hall–Kier alpha value is -2.87. The van der Waals surface area contributed by atoms with Crippen LogP contribution in [0.25, 0.3) is 11.0 Å². The van der Waals surface area contributed by atoms with Crippen LogP contribution in [0.2, 0.25) is 0 Å². The maximum absolute atomic E-state index is 13.1. The third kappa shape index (κ3) is 4.97. The van der Waals surface area contributed by atoms with Gasteiger partial charge in [-0.3, -0.25) is 4.79 Å². The van der Waals surface area contributed by atoms with Crippen molar-refractivity contribution in [1.29, 1.82) is 5.26 Å². The topological polar surface area (TPSA) is 108 Å². The molecule has 1 fully saturated rings. The maximum Gasteiger partial charge on any atom is 0.243 e. The molecule has 178 valence electrons. The fraction of sp³-hybridized carbons (Fsp3) is 0.375. The van der Waals surface area contributed by atoms with E-state index in [-0.39, 0.29) is 10.8 Å². The number of carbonyl (C=O) groups excluding carboxylic acids is 1. The van der Waals surface area contributed by atoms with E-state index in [1.807, 2.05) is 11.5 Å². The molecule has 1 amide bonds. The normalized spacial score (nSPS) is 15.7. The highest BCUT2D eigenvalue weighted by molar-refractivity contribution is 8.00. The van der Waals surface area contributed by atoms with E-state index in [1.54, 1.807) is 53.7 Å². The fourth-order valence-corrected chi connectivity index (χ4v) is 6.51. The van der Waals surface area contributed by atoms with Crippen molar-refractivity contribution in [2.24, 2.45) is 0 Å². The average Bonchev–Trinajstić information content (AvgIpc) is 3.21. The molecule has 2 heterocycles. The number of amides is 1. The van der Waals surface area contributed by atoms with Crippen molar-refractivity contribution < 1.29 is 13.2 Å². The van der Waals surface area contributed by atoms with Gasteiger partial charge in [0.05, 0.1) is 32.8 Å². The van der Waals surface area contributed by atoms with Crippen LogP contribution in [0.4, 0.5) is 5.69 Å². The molecule has 0 saturated carbocycles. The van der Waals surface area contributed by atoms with Gasteiger partial charge in [0.2, 0.25) is 15.9 Å². The Kier molecular flexibility index (Phi) is 7.26. The first-order chi connectivity index (χ1) is 16.3. The first-order valence-electron chi connectivity index (χ1n) is 11.3. The molecule has 10 heteroatoms. The van der Waals surface area contributed by atoms with Crippen LogP contribution in [0.3, 0.4) is 0 Å². The predicted molar refractivity (Wildman–Crippen MR) is 133 cm³/mol. The molecule has 0 radical (unpaired) electrons. The van der Waals surface area contributed by atoms with E-state index in [0.717, 1.165) is 24.8 Å². The van der Waals surface area contributed by atoms with E-state index in [4.69, 9.17) is 5.26 Å². The zero-order valence-corrected chi connectivity index (χ0v) is 20.8. The number of thioether (sulfide) groups is 1. The molecule has 2 aromatic carbocycles. The number of nitriles is 1. The third-order valence-corrected chi connectivity index (χ3v) is 8.87. The third-order valence-electron chi connectivity index (χ3n) is 5.89. The first-order valence-corrected chi connectivity index (χ1v) is 13.6. The Labute approximate surface area is 204 Å². The molecule has 0 spiro atoms. The lowest BCUT2D eigenvalue weighted by Crippen LogP contribution is -2.35. The monoisotopic (exact) mass is 497 g/mol. The summed E-state index contributed by atoms with van der Waals surface area (Å²) < 4.78 is 29.7. The fourth-order valence-electron chi connectivity index (χ4n) is 3.98. The number of rotatable bonds is 7. The summed E-state index contributed by atoms with van der Waals surface area (Å²) in [6.45, 7) is 5.54. The molecular weight excluding hydrogens is 470 g/mol. The minimum atomic E-state index is -3.55. The number of hydrogen-bond donors (Lipinski definition) is 1. The number of carbonyl (C=O) groups is 1. The van der Waals surface area contributed by atoms with Crippen LogP contribution in [0.15, 0.2) is 52.5 Å². The highest BCUT2D eigenvalue weighted by atomic mass is 32.2. The van der Waals surface area contributed by atoms with Crippen molar-refractivity contribution in [3.05, 3.63) is 48.0 Å². The number of sulfonamides is 1. The summed E-state index contributed by atoms with van der Waals surface area (Å²) >= 11 is 1.32. The summed E-state index contributed by atoms with van der Waals surface area (Å²) in [5.74, 6) is -0.183. The first kappa shape index (κ1) is 24.3. The van der Waals surface area contributed by atoms with Crippen molar-refractivity contribution in [3.63, 3.8) is 0 Å². The van der Waals surface area contributed by atoms with Gasteiger partial charge in [-0.2, -0.15) is 9.57 Å².